The van der Waals surface area contributed by atoms with Crippen LogP contribution in [-0.4, -0.2) is 106 Å². The second-order valence-corrected chi connectivity index (χ2v) is 9.94. The maximum atomic E-state index is 5.89. The van der Waals surface area contributed by atoms with Crippen LogP contribution in [0.4, 0.5) is 0 Å². The van der Waals surface area contributed by atoms with Gasteiger partial charge in [0.15, 0.2) is 23.0 Å². The van der Waals surface area contributed by atoms with Crippen molar-refractivity contribution in [3.63, 3.8) is 0 Å². The van der Waals surface area contributed by atoms with Crippen molar-refractivity contribution < 1.29 is 47.4 Å². The molecule has 0 N–H and O–H groups in total. The minimum atomic E-state index is 0.374. The van der Waals surface area contributed by atoms with E-state index in [-0.39, 0.29) is 0 Å². The highest BCUT2D eigenvalue weighted by atomic mass is 79.9. The maximum Gasteiger partial charge on any atom is 0.162 e. The van der Waals surface area contributed by atoms with Gasteiger partial charge in [0.2, 0.25) is 0 Å². The summed E-state index contributed by atoms with van der Waals surface area (Å²) in [6, 6.07) is 11.3. The highest BCUT2D eigenvalue weighted by Gasteiger charge is 2.10. The van der Waals surface area contributed by atoms with Crippen molar-refractivity contribution in [1.29, 1.82) is 0 Å². The standard InChI is InChI=1S/C28H38Br2O10/c29-23-21-27-28(22-24(23)30)40-20-16-36-12-8-32-6-10-34-14-18-38-26-4-2-1-3-25(26)37-17-13-33-9-5-31-7-11-35-15-19-39-27/h1-4,21-22H,5-20H2. The smallest absolute Gasteiger partial charge is 0.162 e. The summed E-state index contributed by atoms with van der Waals surface area (Å²) in [5, 5.41) is 0. The van der Waals surface area contributed by atoms with Gasteiger partial charge >= 0.3 is 0 Å². The fourth-order valence-electron chi connectivity index (χ4n) is 3.35. The number of para-hydroxylation sites is 2. The van der Waals surface area contributed by atoms with E-state index in [4.69, 9.17) is 47.4 Å². The van der Waals surface area contributed by atoms with E-state index in [0.717, 1.165) is 8.95 Å². The highest BCUT2D eigenvalue weighted by Crippen LogP contribution is 2.36. The van der Waals surface area contributed by atoms with Crippen LogP contribution in [0.3, 0.4) is 0 Å². The molecule has 40 heavy (non-hydrogen) atoms. The number of hydrogen-bond donors (Lipinski definition) is 0. The maximum absolute atomic E-state index is 5.89. The molecule has 0 atom stereocenters. The summed E-state index contributed by atoms with van der Waals surface area (Å²) < 4.78 is 58.6. The van der Waals surface area contributed by atoms with E-state index in [0.29, 0.717) is 129 Å². The van der Waals surface area contributed by atoms with E-state index in [2.05, 4.69) is 31.9 Å². The molecule has 0 bridgehead atoms. The van der Waals surface area contributed by atoms with Gasteiger partial charge in [-0.1, -0.05) is 12.1 Å². The number of fused-ring (bicyclic) bond motifs is 2. The minimum Gasteiger partial charge on any atom is -0.487 e. The third-order valence-electron chi connectivity index (χ3n) is 5.26. The Morgan fingerprint density at radius 1 is 0.350 bits per heavy atom. The van der Waals surface area contributed by atoms with Crippen LogP contribution in [0.2, 0.25) is 0 Å². The summed E-state index contributed by atoms with van der Waals surface area (Å²) in [4.78, 5) is 0. The first-order valence-corrected chi connectivity index (χ1v) is 14.9. The molecule has 0 saturated heterocycles. The lowest BCUT2D eigenvalue weighted by molar-refractivity contribution is 0.00248. The molecule has 0 aromatic heterocycles. The summed E-state index contributed by atoms with van der Waals surface area (Å²) in [5.41, 5.74) is 0. The zero-order valence-corrected chi connectivity index (χ0v) is 25.8. The monoisotopic (exact) mass is 692 g/mol. The molecule has 1 aliphatic heterocycles. The van der Waals surface area contributed by atoms with Crippen molar-refractivity contribution in [2.45, 2.75) is 0 Å². The van der Waals surface area contributed by atoms with Crippen molar-refractivity contribution in [2.75, 3.05) is 106 Å². The second kappa shape index (κ2) is 21.1. The number of hydrogen-bond acceptors (Lipinski definition) is 10. The van der Waals surface area contributed by atoms with Gasteiger partial charge in [0, 0.05) is 8.95 Å². The Morgan fingerprint density at radius 2 is 0.600 bits per heavy atom. The van der Waals surface area contributed by atoms with Gasteiger partial charge in [0.1, 0.15) is 26.4 Å². The number of ether oxygens (including phenoxy) is 10. The van der Waals surface area contributed by atoms with Gasteiger partial charge in [-0.25, -0.2) is 0 Å². The lowest BCUT2D eigenvalue weighted by Gasteiger charge is -2.15. The molecule has 2 aromatic carbocycles. The zero-order valence-electron chi connectivity index (χ0n) is 22.6. The molecular formula is C28H38Br2O10. The predicted octanol–water partition coefficient (Wildman–Crippen LogP) is 4.54. The molecule has 224 valence electrons. The van der Waals surface area contributed by atoms with Crippen LogP contribution >= 0.6 is 31.9 Å². The number of rotatable bonds is 0. The number of benzene rings is 2. The van der Waals surface area contributed by atoms with Gasteiger partial charge in [-0.2, -0.15) is 0 Å². The highest BCUT2D eigenvalue weighted by molar-refractivity contribution is 9.13. The van der Waals surface area contributed by atoms with Crippen molar-refractivity contribution in [3.8, 4) is 23.0 Å². The van der Waals surface area contributed by atoms with Crippen LogP contribution in [0.5, 0.6) is 23.0 Å². The van der Waals surface area contributed by atoms with Crippen LogP contribution < -0.4 is 18.9 Å². The average Bonchev–Trinajstić information content (AvgIpc) is 2.96. The summed E-state index contributed by atoms with van der Waals surface area (Å²) >= 11 is 7.01. The van der Waals surface area contributed by atoms with Crippen LogP contribution in [0.15, 0.2) is 45.3 Å². The lowest BCUT2D eigenvalue weighted by atomic mass is 10.3. The van der Waals surface area contributed by atoms with Crippen molar-refractivity contribution in [1.82, 2.24) is 0 Å². The molecule has 0 unspecified atom stereocenters. The van der Waals surface area contributed by atoms with E-state index in [9.17, 15) is 0 Å². The summed E-state index contributed by atoms with van der Waals surface area (Å²) in [5.74, 6) is 2.57. The van der Waals surface area contributed by atoms with Gasteiger partial charge < -0.3 is 47.4 Å². The van der Waals surface area contributed by atoms with Gasteiger partial charge in [0.25, 0.3) is 0 Å². The summed E-state index contributed by atoms with van der Waals surface area (Å²) in [6.07, 6.45) is 0. The Labute approximate surface area is 252 Å². The quantitative estimate of drug-likeness (QED) is 0.392. The first-order chi connectivity index (χ1) is 19.7. The molecule has 0 radical (unpaired) electrons. The van der Waals surface area contributed by atoms with Gasteiger partial charge in [-0.05, 0) is 56.1 Å². The first-order valence-electron chi connectivity index (χ1n) is 13.3. The molecule has 1 aliphatic rings. The minimum absolute atomic E-state index is 0.374. The first kappa shape index (κ1) is 32.9. The Hall–Kier alpha value is -1.64. The van der Waals surface area contributed by atoms with Crippen molar-refractivity contribution >= 4 is 31.9 Å². The normalized spacial score (nSPS) is 18.9. The molecule has 12 heteroatoms. The SMILES string of the molecule is Brc1cc2c(cc1Br)OCCOCCOCCOCCOc1ccccc1OCCOCCOCCOCCO2. The zero-order chi connectivity index (χ0) is 28.1. The van der Waals surface area contributed by atoms with Gasteiger partial charge in [-0.3, -0.25) is 0 Å². The molecule has 1 heterocycles. The van der Waals surface area contributed by atoms with Gasteiger partial charge in [-0.15, -0.1) is 0 Å². The Bertz CT molecular complexity index is 875. The fraction of sp³-hybridized carbons (Fsp3) is 0.571. The van der Waals surface area contributed by atoms with Crippen LogP contribution in [0, 0.1) is 0 Å². The third-order valence-corrected chi connectivity index (χ3v) is 7.11. The van der Waals surface area contributed by atoms with Crippen LogP contribution in [0.1, 0.15) is 0 Å². The Morgan fingerprint density at radius 3 is 0.900 bits per heavy atom. The van der Waals surface area contributed by atoms with Crippen LogP contribution in [0.25, 0.3) is 0 Å². The van der Waals surface area contributed by atoms with E-state index >= 15 is 0 Å². The predicted molar refractivity (Wildman–Crippen MR) is 155 cm³/mol. The fourth-order valence-corrected chi connectivity index (χ4v) is 4.00. The van der Waals surface area contributed by atoms with Crippen molar-refractivity contribution in [2.24, 2.45) is 0 Å². The summed E-state index contributed by atoms with van der Waals surface area (Å²) in [7, 11) is 0. The molecule has 0 fully saturated rings. The molecule has 0 amide bonds. The van der Waals surface area contributed by atoms with E-state index in [1.807, 2.05) is 36.4 Å². The van der Waals surface area contributed by atoms with E-state index < -0.39 is 0 Å². The topological polar surface area (TPSA) is 92.3 Å². The lowest BCUT2D eigenvalue weighted by Crippen LogP contribution is -2.15. The van der Waals surface area contributed by atoms with E-state index in [1.165, 1.54) is 0 Å². The third kappa shape index (κ3) is 13.8. The Balaban J connectivity index is 1.41. The average molecular weight is 694 g/mol. The van der Waals surface area contributed by atoms with Crippen LogP contribution in [-0.2, 0) is 28.4 Å². The molecule has 3 rings (SSSR count). The molecule has 0 spiro atoms. The van der Waals surface area contributed by atoms with E-state index in [1.54, 1.807) is 0 Å². The molecule has 10 nitrogen and oxygen atoms in total. The molecule has 0 saturated carbocycles. The Kier molecular flexibility index (Phi) is 17.4. The summed E-state index contributed by atoms with van der Waals surface area (Å²) in [6.45, 7) is 7.03. The molecule has 0 aliphatic carbocycles. The largest absolute Gasteiger partial charge is 0.487 e. The number of halogens is 2. The second-order valence-electron chi connectivity index (χ2n) is 8.23. The molecular weight excluding hydrogens is 656 g/mol. The molecule has 2 aromatic rings. The van der Waals surface area contributed by atoms with Crippen molar-refractivity contribution in [3.05, 3.63) is 45.3 Å². The van der Waals surface area contributed by atoms with Gasteiger partial charge in [0.05, 0.1) is 79.3 Å².